The molecule has 19 heavy (non-hydrogen) atoms. The van der Waals surface area contributed by atoms with Gasteiger partial charge in [-0.05, 0) is 43.6 Å². The van der Waals surface area contributed by atoms with E-state index in [1.165, 1.54) is 6.26 Å². The molecule has 5 heteroatoms. The quantitative estimate of drug-likeness (QED) is 0.835. The number of sulfone groups is 1. The van der Waals surface area contributed by atoms with Gasteiger partial charge in [0.2, 0.25) is 0 Å². The van der Waals surface area contributed by atoms with Gasteiger partial charge in [0.25, 0.3) is 0 Å². The largest absolute Gasteiger partial charge is 0.381 e. The predicted octanol–water partition coefficient (Wildman–Crippen LogP) is 1.61. The van der Waals surface area contributed by atoms with Crippen molar-refractivity contribution in [2.75, 3.05) is 32.6 Å². The average molecular weight is 289 g/mol. The summed E-state index contributed by atoms with van der Waals surface area (Å²) < 4.78 is 29.2. The van der Waals surface area contributed by atoms with Crippen molar-refractivity contribution in [2.45, 2.75) is 44.3 Å². The summed E-state index contributed by atoms with van der Waals surface area (Å²) >= 11 is 0. The molecule has 2 fully saturated rings. The van der Waals surface area contributed by atoms with Gasteiger partial charge in [0.15, 0.2) is 9.84 Å². The molecule has 1 heterocycles. The van der Waals surface area contributed by atoms with Crippen molar-refractivity contribution >= 4 is 9.84 Å². The molecule has 0 aromatic carbocycles. The molecule has 0 bridgehead atoms. The summed E-state index contributed by atoms with van der Waals surface area (Å²) in [5.41, 5.74) is 0.237. The van der Waals surface area contributed by atoms with E-state index in [9.17, 15) is 8.42 Å². The third-order valence-electron chi connectivity index (χ3n) is 4.73. The van der Waals surface area contributed by atoms with Gasteiger partial charge in [-0.2, -0.15) is 0 Å². The number of nitrogens with one attached hydrogen (secondary N) is 1. The highest BCUT2D eigenvalue weighted by Crippen LogP contribution is 2.57. The standard InChI is InChI=1S/C14H27NO3S/c1-12(2)8-15-11-14(19(3,16)17)9-13(10-14)4-6-18-7-5-13/h12,15H,4-11H2,1-3H3. The lowest BCUT2D eigenvalue weighted by Crippen LogP contribution is -2.62. The minimum atomic E-state index is -3.00. The first-order valence-corrected chi connectivity index (χ1v) is 9.16. The van der Waals surface area contributed by atoms with Crippen LogP contribution < -0.4 is 5.32 Å². The van der Waals surface area contributed by atoms with E-state index in [-0.39, 0.29) is 5.41 Å². The molecule has 0 radical (unpaired) electrons. The van der Waals surface area contributed by atoms with Gasteiger partial charge in [-0.1, -0.05) is 13.8 Å². The summed E-state index contributed by atoms with van der Waals surface area (Å²) in [4.78, 5) is 0. The van der Waals surface area contributed by atoms with Gasteiger partial charge in [-0.3, -0.25) is 0 Å². The number of ether oxygens (including phenoxy) is 1. The Morgan fingerprint density at radius 1 is 1.21 bits per heavy atom. The van der Waals surface area contributed by atoms with Gasteiger partial charge in [-0.25, -0.2) is 8.42 Å². The van der Waals surface area contributed by atoms with E-state index in [4.69, 9.17) is 4.74 Å². The molecule has 2 aliphatic rings. The first kappa shape index (κ1) is 15.3. The van der Waals surface area contributed by atoms with Crippen molar-refractivity contribution in [3.63, 3.8) is 0 Å². The van der Waals surface area contributed by atoms with Crippen molar-refractivity contribution in [3.8, 4) is 0 Å². The van der Waals surface area contributed by atoms with Gasteiger partial charge in [0.05, 0.1) is 4.75 Å². The van der Waals surface area contributed by atoms with Crippen molar-refractivity contribution in [2.24, 2.45) is 11.3 Å². The smallest absolute Gasteiger partial charge is 0.154 e. The zero-order valence-corrected chi connectivity index (χ0v) is 13.2. The van der Waals surface area contributed by atoms with Crippen molar-refractivity contribution < 1.29 is 13.2 Å². The Hall–Kier alpha value is -0.130. The Morgan fingerprint density at radius 3 is 2.26 bits per heavy atom. The molecule has 0 aromatic heterocycles. The highest BCUT2D eigenvalue weighted by atomic mass is 32.2. The Bertz CT molecular complexity index is 402. The van der Waals surface area contributed by atoms with E-state index in [2.05, 4.69) is 19.2 Å². The first-order chi connectivity index (χ1) is 8.79. The summed E-state index contributed by atoms with van der Waals surface area (Å²) in [6, 6.07) is 0. The van der Waals surface area contributed by atoms with E-state index in [1.807, 2.05) is 0 Å². The van der Waals surface area contributed by atoms with Crippen LogP contribution in [0.25, 0.3) is 0 Å². The Balaban J connectivity index is 2.00. The van der Waals surface area contributed by atoms with Crippen molar-refractivity contribution in [1.29, 1.82) is 0 Å². The molecule has 112 valence electrons. The minimum absolute atomic E-state index is 0.237. The van der Waals surface area contributed by atoms with Crippen LogP contribution in [-0.2, 0) is 14.6 Å². The maximum Gasteiger partial charge on any atom is 0.154 e. The van der Waals surface area contributed by atoms with E-state index in [0.29, 0.717) is 12.5 Å². The molecule has 4 nitrogen and oxygen atoms in total. The second-order valence-electron chi connectivity index (χ2n) is 6.95. The molecular formula is C14H27NO3S. The lowest BCUT2D eigenvalue weighted by atomic mass is 9.57. The highest BCUT2D eigenvalue weighted by Gasteiger charge is 2.59. The summed E-state index contributed by atoms with van der Waals surface area (Å²) in [5.74, 6) is 0.550. The van der Waals surface area contributed by atoms with Crippen LogP contribution in [0.3, 0.4) is 0 Å². The third kappa shape index (κ3) is 3.14. The molecule has 1 aliphatic carbocycles. The SMILES string of the molecule is CC(C)CNCC1(S(C)(=O)=O)CC2(CCOCC2)C1. The molecule has 0 amide bonds. The predicted molar refractivity (Wildman–Crippen MR) is 77.0 cm³/mol. The van der Waals surface area contributed by atoms with Crippen LogP contribution in [0.5, 0.6) is 0 Å². The third-order valence-corrected chi connectivity index (χ3v) is 6.74. The second kappa shape index (κ2) is 5.34. The zero-order chi connectivity index (χ0) is 14.1. The van der Waals surface area contributed by atoms with Crippen LogP contribution in [0, 0.1) is 11.3 Å². The molecule has 2 rings (SSSR count). The van der Waals surface area contributed by atoms with E-state index >= 15 is 0 Å². The molecule has 1 spiro atoms. The summed E-state index contributed by atoms with van der Waals surface area (Å²) in [7, 11) is -3.00. The lowest BCUT2D eigenvalue weighted by molar-refractivity contribution is -0.0488. The minimum Gasteiger partial charge on any atom is -0.381 e. The topological polar surface area (TPSA) is 55.4 Å². The fourth-order valence-corrected chi connectivity index (χ4v) is 5.08. The summed E-state index contributed by atoms with van der Waals surface area (Å²) in [6.07, 6.45) is 5.07. The molecule has 1 N–H and O–H groups in total. The number of hydrogen-bond donors (Lipinski definition) is 1. The van der Waals surface area contributed by atoms with E-state index < -0.39 is 14.6 Å². The lowest BCUT2D eigenvalue weighted by Gasteiger charge is -2.57. The molecule has 0 atom stereocenters. The summed E-state index contributed by atoms with van der Waals surface area (Å²) in [6.45, 7) is 7.35. The van der Waals surface area contributed by atoms with Gasteiger partial charge in [-0.15, -0.1) is 0 Å². The van der Waals surface area contributed by atoms with Crippen LogP contribution in [0.1, 0.15) is 39.5 Å². The van der Waals surface area contributed by atoms with E-state index in [0.717, 1.165) is 45.4 Å². The average Bonchev–Trinajstić information content (AvgIpc) is 2.25. The van der Waals surface area contributed by atoms with Crippen molar-refractivity contribution in [1.82, 2.24) is 5.32 Å². The normalized spacial score (nSPS) is 25.5. The zero-order valence-electron chi connectivity index (χ0n) is 12.4. The van der Waals surface area contributed by atoms with Crippen LogP contribution in [0.15, 0.2) is 0 Å². The summed E-state index contributed by atoms with van der Waals surface area (Å²) in [5, 5.41) is 3.35. The highest BCUT2D eigenvalue weighted by molar-refractivity contribution is 7.92. The van der Waals surface area contributed by atoms with Crippen LogP contribution in [0.2, 0.25) is 0 Å². The number of rotatable bonds is 5. The first-order valence-electron chi connectivity index (χ1n) is 7.27. The second-order valence-corrected chi connectivity index (χ2v) is 9.36. The molecular weight excluding hydrogens is 262 g/mol. The number of hydrogen-bond acceptors (Lipinski definition) is 4. The molecule has 1 aliphatic heterocycles. The monoisotopic (exact) mass is 289 g/mol. The molecule has 0 unspecified atom stereocenters. The van der Waals surface area contributed by atoms with E-state index in [1.54, 1.807) is 0 Å². The van der Waals surface area contributed by atoms with Crippen LogP contribution >= 0.6 is 0 Å². The fourth-order valence-electron chi connectivity index (χ4n) is 3.58. The van der Waals surface area contributed by atoms with Crippen molar-refractivity contribution in [3.05, 3.63) is 0 Å². The molecule has 0 aromatic rings. The Morgan fingerprint density at radius 2 is 1.79 bits per heavy atom. The molecule has 1 saturated carbocycles. The Labute approximate surface area is 117 Å². The Kier molecular flexibility index (Phi) is 4.29. The van der Waals surface area contributed by atoms with Crippen LogP contribution in [-0.4, -0.2) is 45.7 Å². The van der Waals surface area contributed by atoms with Crippen LogP contribution in [0.4, 0.5) is 0 Å². The van der Waals surface area contributed by atoms with Gasteiger partial charge < -0.3 is 10.1 Å². The maximum atomic E-state index is 12.2. The van der Waals surface area contributed by atoms with Gasteiger partial charge in [0.1, 0.15) is 0 Å². The van der Waals surface area contributed by atoms with Gasteiger partial charge in [0, 0.05) is 26.0 Å². The fraction of sp³-hybridized carbons (Fsp3) is 1.00. The maximum absolute atomic E-state index is 12.2. The molecule has 1 saturated heterocycles. The van der Waals surface area contributed by atoms with Gasteiger partial charge >= 0.3 is 0 Å².